The molecule has 21 heavy (non-hydrogen) atoms. The highest BCUT2D eigenvalue weighted by atomic mass is 32.1. The van der Waals surface area contributed by atoms with Gasteiger partial charge in [-0.3, -0.25) is 0 Å². The molecule has 2 aromatic rings. The molecular weight excluding hydrogens is 286 g/mol. The summed E-state index contributed by atoms with van der Waals surface area (Å²) < 4.78 is 6.68. The molecule has 0 amide bonds. The highest BCUT2D eigenvalue weighted by Crippen LogP contribution is 2.29. The minimum Gasteiger partial charge on any atom is -0.492 e. The smallest absolute Gasteiger partial charge is 0.345 e. The minimum absolute atomic E-state index is 0.354. The van der Waals surface area contributed by atoms with Crippen LogP contribution in [-0.2, 0) is 0 Å². The van der Waals surface area contributed by atoms with E-state index in [1.807, 2.05) is 36.6 Å². The Morgan fingerprint density at radius 3 is 3.00 bits per heavy atom. The molecule has 1 aliphatic rings. The Kier molecular flexibility index (Phi) is 3.92. The zero-order chi connectivity index (χ0) is 14.7. The summed E-state index contributed by atoms with van der Waals surface area (Å²) in [5.41, 5.74) is 0. The molecule has 0 radical (unpaired) electrons. The predicted molar refractivity (Wildman–Crippen MR) is 84.1 cm³/mol. The number of hydrogen-bond donors (Lipinski definition) is 1. The molecule has 0 spiro atoms. The van der Waals surface area contributed by atoms with Gasteiger partial charge in [0.1, 0.15) is 17.2 Å². The van der Waals surface area contributed by atoms with Crippen molar-refractivity contribution < 1.29 is 14.6 Å². The number of carbonyl (C=O) groups is 1. The van der Waals surface area contributed by atoms with Gasteiger partial charge in [-0.25, -0.2) is 4.79 Å². The molecule has 0 saturated carbocycles. The highest BCUT2D eigenvalue weighted by Gasteiger charge is 2.09. The molecular formula is C16H15NO3S. The van der Waals surface area contributed by atoms with Gasteiger partial charge in [0.2, 0.25) is 0 Å². The Bertz CT molecular complexity index is 717. The van der Waals surface area contributed by atoms with Gasteiger partial charge >= 0.3 is 5.97 Å². The third-order valence-electron chi connectivity index (χ3n) is 3.23. The van der Waals surface area contributed by atoms with E-state index in [1.165, 1.54) is 11.3 Å². The SMILES string of the molecule is O=C(O)c1cc2ccc(OCCN3C=CC=CC3)cc2s1. The maximum Gasteiger partial charge on any atom is 0.345 e. The molecule has 108 valence electrons. The van der Waals surface area contributed by atoms with Crippen molar-refractivity contribution >= 4 is 27.4 Å². The second-order valence-corrected chi connectivity index (χ2v) is 5.81. The first-order valence-corrected chi connectivity index (χ1v) is 7.51. The first kappa shape index (κ1) is 13.7. The van der Waals surface area contributed by atoms with Gasteiger partial charge in [-0.15, -0.1) is 11.3 Å². The van der Waals surface area contributed by atoms with Crippen molar-refractivity contribution in [3.05, 3.63) is 53.6 Å². The molecule has 1 N–H and O–H groups in total. The second-order valence-electron chi connectivity index (χ2n) is 4.73. The molecule has 0 bridgehead atoms. The van der Waals surface area contributed by atoms with E-state index in [4.69, 9.17) is 9.84 Å². The number of carboxylic acid groups (broad SMARTS) is 1. The summed E-state index contributed by atoms with van der Waals surface area (Å²) >= 11 is 1.27. The van der Waals surface area contributed by atoms with E-state index in [2.05, 4.69) is 11.0 Å². The number of carboxylic acids is 1. The van der Waals surface area contributed by atoms with E-state index in [1.54, 1.807) is 6.07 Å². The van der Waals surface area contributed by atoms with Crippen LogP contribution in [0.1, 0.15) is 9.67 Å². The van der Waals surface area contributed by atoms with Gasteiger partial charge in [-0.1, -0.05) is 12.2 Å². The van der Waals surface area contributed by atoms with Gasteiger partial charge in [0.15, 0.2) is 0 Å². The van der Waals surface area contributed by atoms with Crippen molar-refractivity contribution in [1.29, 1.82) is 0 Å². The van der Waals surface area contributed by atoms with E-state index in [9.17, 15) is 4.79 Å². The van der Waals surface area contributed by atoms with Crippen molar-refractivity contribution in [2.75, 3.05) is 19.7 Å². The predicted octanol–water partition coefficient (Wildman–Crippen LogP) is 3.36. The fourth-order valence-corrected chi connectivity index (χ4v) is 3.09. The number of allylic oxidation sites excluding steroid dienone is 2. The van der Waals surface area contributed by atoms with E-state index >= 15 is 0 Å². The third-order valence-corrected chi connectivity index (χ3v) is 4.32. The van der Waals surface area contributed by atoms with Crippen LogP contribution in [0.15, 0.2) is 48.7 Å². The van der Waals surface area contributed by atoms with Crippen molar-refractivity contribution in [3.63, 3.8) is 0 Å². The van der Waals surface area contributed by atoms with Crippen LogP contribution in [0.5, 0.6) is 5.75 Å². The normalized spacial score (nSPS) is 13.8. The number of nitrogens with zero attached hydrogens (tertiary/aromatic N) is 1. The number of aromatic carboxylic acids is 1. The molecule has 0 aliphatic carbocycles. The lowest BCUT2D eigenvalue weighted by molar-refractivity contribution is 0.0702. The fourth-order valence-electron chi connectivity index (χ4n) is 2.16. The molecule has 0 unspecified atom stereocenters. The molecule has 1 aromatic heterocycles. The second kappa shape index (κ2) is 6.01. The lowest BCUT2D eigenvalue weighted by Gasteiger charge is -2.20. The molecule has 4 nitrogen and oxygen atoms in total. The van der Waals surface area contributed by atoms with Crippen LogP contribution in [0.25, 0.3) is 10.1 Å². The van der Waals surface area contributed by atoms with Crippen LogP contribution in [-0.4, -0.2) is 35.7 Å². The monoisotopic (exact) mass is 301 g/mol. The van der Waals surface area contributed by atoms with Crippen molar-refractivity contribution in [1.82, 2.24) is 4.90 Å². The Morgan fingerprint density at radius 2 is 2.24 bits per heavy atom. The number of thiophene rings is 1. The van der Waals surface area contributed by atoms with Gasteiger partial charge in [0, 0.05) is 11.2 Å². The summed E-state index contributed by atoms with van der Waals surface area (Å²) in [5, 5.41) is 9.94. The molecule has 0 fully saturated rings. The molecule has 1 aromatic carbocycles. The van der Waals surface area contributed by atoms with Crippen molar-refractivity contribution in [2.24, 2.45) is 0 Å². The summed E-state index contributed by atoms with van der Waals surface area (Å²) in [6, 6.07) is 7.37. The zero-order valence-corrected chi connectivity index (χ0v) is 12.2. The highest BCUT2D eigenvalue weighted by molar-refractivity contribution is 7.20. The van der Waals surface area contributed by atoms with Crippen molar-refractivity contribution in [3.8, 4) is 5.75 Å². The molecule has 2 heterocycles. The summed E-state index contributed by atoms with van der Waals surface area (Å²) in [6.07, 6.45) is 8.19. The van der Waals surface area contributed by atoms with Crippen LogP contribution >= 0.6 is 11.3 Å². The standard InChI is InChI=1S/C16H15NO3S/c18-16(19)15-10-12-4-5-13(11-14(12)21-15)20-9-8-17-6-2-1-3-7-17/h1-6,10-11H,7-9H2,(H,18,19). The van der Waals surface area contributed by atoms with Crippen LogP contribution in [0, 0.1) is 0 Å². The van der Waals surface area contributed by atoms with Gasteiger partial charge in [0.05, 0.1) is 6.54 Å². The number of ether oxygens (including phenoxy) is 1. The molecule has 5 heteroatoms. The first-order chi connectivity index (χ1) is 10.2. The largest absolute Gasteiger partial charge is 0.492 e. The summed E-state index contributed by atoms with van der Waals surface area (Å²) in [5.74, 6) is -0.110. The first-order valence-electron chi connectivity index (χ1n) is 6.69. The quantitative estimate of drug-likeness (QED) is 0.920. The molecule has 0 saturated heterocycles. The number of benzene rings is 1. The average Bonchev–Trinajstić information content (AvgIpc) is 2.92. The van der Waals surface area contributed by atoms with Crippen LogP contribution in [0.4, 0.5) is 0 Å². The van der Waals surface area contributed by atoms with Gasteiger partial charge in [0.25, 0.3) is 0 Å². The molecule has 3 rings (SSSR count). The zero-order valence-electron chi connectivity index (χ0n) is 11.4. The van der Waals surface area contributed by atoms with E-state index in [0.717, 1.165) is 28.9 Å². The van der Waals surface area contributed by atoms with E-state index < -0.39 is 5.97 Å². The summed E-state index contributed by atoms with van der Waals surface area (Å²) in [7, 11) is 0. The third kappa shape index (κ3) is 3.25. The Labute approximate surface area is 126 Å². The maximum atomic E-state index is 11.0. The lowest BCUT2D eigenvalue weighted by atomic mass is 10.2. The number of rotatable bonds is 5. The summed E-state index contributed by atoms with van der Waals surface area (Å²) in [6.45, 7) is 2.33. The fraction of sp³-hybridized carbons (Fsp3) is 0.188. The van der Waals surface area contributed by atoms with Gasteiger partial charge < -0.3 is 14.7 Å². The Hall–Kier alpha value is -2.27. The van der Waals surface area contributed by atoms with Gasteiger partial charge in [-0.2, -0.15) is 0 Å². The van der Waals surface area contributed by atoms with Gasteiger partial charge in [-0.05, 0) is 41.9 Å². The number of fused-ring (bicyclic) bond motifs is 1. The topological polar surface area (TPSA) is 49.8 Å². The minimum atomic E-state index is -0.886. The Morgan fingerprint density at radius 1 is 1.33 bits per heavy atom. The van der Waals surface area contributed by atoms with Crippen molar-refractivity contribution in [2.45, 2.75) is 0 Å². The van der Waals surface area contributed by atoms with Crippen LogP contribution < -0.4 is 4.74 Å². The van der Waals surface area contributed by atoms with E-state index in [-0.39, 0.29) is 0 Å². The van der Waals surface area contributed by atoms with E-state index in [0.29, 0.717) is 11.5 Å². The van der Waals surface area contributed by atoms with Crippen LogP contribution in [0.2, 0.25) is 0 Å². The molecule has 0 atom stereocenters. The molecule has 1 aliphatic heterocycles. The lowest BCUT2D eigenvalue weighted by Crippen LogP contribution is -2.24. The van der Waals surface area contributed by atoms with Crippen LogP contribution in [0.3, 0.4) is 0 Å². The number of hydrogen-bond acceptors (Lipinski definition) is 4. The Balaban J connectivity index is 1.63. The summed E-state index contributed by atoms with van der Waals surface area (Å²) in [4.78, 5) is 13.5. The maximum absolute atomic E-state index is 11.0. The average molecular weight is 301 g/mol.